The van der Waals surface area contributed by atoms with Crippen molar-refractivity contribution in [3.63, 3.8) is 0 Å². The summed E-state index contributed by atoms with van der Waals surface area (Å²) >= 11 is 6.11. The summed E-state index contributed by atoms with van der Waals surface area (Å²) < 4.78 is 0. The molecule has 2 heterocycles. The average Bonchev–Trinajstić information content (AvgIpc) is 3.33. The van der Waals surface area contributed by atoms with E-state index in [-0.39, 0.29) is 29.7 Å². The number of aryl methyl sites for hydroxylation is 1. The van der Waals surface area contributed by atoms with E-state index in [4.69, 9.17) is 17.3 Å². The molecule has 2 aromatic rings. The van der Waals surface area contributed by atoms with Crippen molar-refractivity contribution in [2.45, 2.75) is 46.1 Å². The number of piperazine rings is 1. The van der Waals surface area contributed by atoms with Crippen molar-refractivity contribution in [2.75, 3.05) is 44.2 Å². The summed E-state index contributed by atoms with van der Waals surface area (Å²) in [6, 6.07) is 14.2. The molecule has 0 aromatic heterocycles. The highest BCUT2D eigenvalue weighted by molar-refractivity contribution is 6.30. The smallest absolute Gasteiger partial charge is 0.228 e. The maximum absolute atomic E-state index is 13.8. The lowest BCUT2D eigenvalue weighted by molar-refractivity contribution is -0.136. The van der Waals surface area contributed by atoms with E-state index >= 15 is 0 Å². The van der Waals surface area contributed by atoms with Gasteiger partial charge in [-0.3, -0.25) is 9.59 Å². The molecule has 2 aliphatic heterocycles. The Morgan fingerprint density at radius 2 is 1.67 bits per heavy atom. The minimum absolute atomic E-state index is 0.0176. The van der Waals surface area contributed by atoms with Crippen LogP contribution >= 0.6 is 11.6 Å². The number of hydrogen-bond donors (Lipinski definition) is 1. The predicted octanol–water partition coefficient (Wildman–Crippen LogP) is 4.61. The largest absolute Gasteiger partial charge is 0.368 e. The second-order valence-corrected chi connectivity index (χ2v) is 11.0. The number of benzene rings is 2. The van der Waals surface area contributed by atoms with Crippen molar-refractivity contribution in [3.05, 3.63) is 64.2 Å². The molecular weight excluding hydrogens is 472 g/mol. The molecule has 4 rings (SSSR count). The van der Waals surface area contributed by atoms with E-state index in [0.717, 1.165) is 18.7 Å². The molecule has 2 saturated heterocycles. The second-order valence-electron chi connectivity index (χ2n) is 10.6. The fraction of sp³-hybridized carbons (Fsp3) is 0.517. The first kappa shape index (κ1) is 26.5. The third-order valence-corrected chi connectivity index (χ3v) is 8.03. The van der Waals surface area contributed by atoms with Gasteiger partial charge in [-0.25, -0.2) is 0 Å². The minimum atomic E-state index is -0.238. The van der Waals surface area contributed by atoms with Gasteiger partial charge in [0.25, 0.3) is 0 Å². The van der Waals surface area contributed by atoms with Crippen molar-refractivity contribution in [1.29, 1.82) is 0 Å². The molecular formula is C29H39ClN4O2. The first-order valence-corrected chi connectivity index (χ1v) is 13.5. The number of rotatable bonds is 6. The second kappa shape index (κ2) is 11.2. The van der Waals surface area contributed by atoms with Crippen LogP contribution in [0.1, 0.15) is 55.8 Å². The molecule has 2 aromatic carbocycles. The lowest BCUT2D eigenvalue weighted by Crippen LogP contribution is -2.51. The number of likely N-dealkylation sites (tertiary alicyclic amines) is 1. The van der Waals surface area contributed by atoms with Crippen LogP contribution in [0.3, 0.4) is 0 Å². The zero-order valence-electron chi connectivity index (χ0n) is 21.9. The average molecular weight is 511 g/mol. The summed E-state index contributed by atoms with van der Waals surface area (Å²) in [6.45, 7) is 12.2. The molecule has 0 radical (unpaired) electrons. The summed E-state index contributed by atoms with van der Waals surface area (Å²) in [7, 11) is 0. The summed E-state index contributed by atoms with van der Waals surface area (Å²) in [6.07, 6.45) is 0.449. The Morgan fingerprint density at radius 3 is 2.28 bits per heavy atom. The first-order chi connectivity index (χ1) is 17.2. The van der Waals surface area contributed by atoms with Crippen LogP contribution in [-0.2, 0) is 9.59 Å². The number of anilines is 1. The van der Waals surface area contributed by atoms with Gasteiger partial charge in [0.05, 0.1) is 5.92 Å². The van der Waals surface area contributed by atoms with Crippen LogP contribution in [-0.4, -0.2) is 60.9 Å². The van der Waals surface area contributed by atoms with Gasteiger partial charge in [-0.15, -0.1) is 0 Å². The van der Waals surface area contributed by atoms with Gasteiger partial charge in [0.2, 0.25) is 11.8 Å². The van der Waals surface area contributed by atoms with Crippen molar-refractivity contribution in [1.82, 2.24) is 9.80 Å². The SMILES string of the molecule is CCC(=O)N1C[C@@H](C(=O)N2CCN(c3ccc(C)cc3[C@@H](N)C(C)C)CC2)[C@H](c2ccc(Cl)cc2)C1. The maximum atomic E-state index is 13.8. The zero-order chi connectivity index (χ0) is 26.0. The quantitative estimate of drug-likeness (QED) is 0.616. The van der Waals surface area contributed by atoms with E-state index in [2.05, 4.69) is 43.9 Å². The molecule has 0 saturated carbocycles. The van der Waals surface area contributed by atoms with E-state index < -0.39 is 0 Å². The fourth-order valence-corrected chi connectivity index (χ4v) is 5.65. The number of carbonyl (C=O) groups is 2. The van der Waals surface area contributed by atoms with E-state index in [9.17, 15) is 9.59 Å². The molecule has 6 nitrogen and oxygen atoms in total. The van der Waals surface area contributed by atoms with Gasteiger partial charge in [0.1, 0.15) is 0 Å². The monoisotopic (exact) mass is 510 g/mol. The maximum Gasteiger partial charge on any atom is 0.228 e. The van der Waals surface area contributed by atoms with Crippen molar-refractivity contribution in [2.24, 2.45) is 17.6 Å². The van der Waals surface area contributed by atoms with Crippen LogP contribution < -0.4 is 10.6 Å². The third kappa shape index (κ3) is 5.55. The highest BCUT2D eigenvalue weighted by Crippen LogP contribution is 2.36. The van der Waals surface area contributed by atoms with Crippen LogP contribution in [0.25, 0.3) is 0 Å². The van der Waals surface area contributed by atoms with Gasteiger partial charge in [-0.1, -0.05) is 62.2 Å². The van der Waals surface area contributed by atoms with Crippen molar-refractivity contribution < 1.29 is 9.59 Å². The van der Waals surface area contributed by atoms with Crippen LogP contribution in [0, 0.1) is 18.8 Å². The Labute approximate surface area is 220 Å². The van der Waals surface area contributed by atoms with E-state index in [1.54, 1.807) is 0 Å². The molecule has 2 N–H and O–H groups in total. The molecule has 0 bridgehead atoms. The van der Waals surface area contributed by atoms with E-state index in [0.29, 0.717) is 43.5 Å². The van der Waals surface area contributed by atoms with Gasteiger partial charge >= 0.3 is 0 Å². The molecule has 0 aliphatic carbocycles. The van der Waals surface area contributed by atoms with E-state index in [1.165, 1.54) is 16.8 Å². The summed E-state index contributed by atoms with van der Waals surface area (Å²) in [5.41, 5.74) is 11.2. The van der Waals surface area contributed by atoms with Gasteiger partial charge in [-0.05, 0) is 42.2 Å². The molecule has 7 heteroatoms. The summed E-state index contributed by atoms with van der Waals surface area (Å²) in [5.74, 6) is 0.328. The van der Waals surface area contributed by atoms with Gasteiger partial charge in [-0.2, -0.15) is 0 Å². The molecule has 0 spiro atoms. The predicted molar refractivity (Wildman–Crippen MR) is 146 cm³/mol. The number of hydrogen-bond acceptors (Lipinski definition) is 4. The van der Waals surface area contributed by atoms with E-state index in [1.807, 2.05) is 41.0 Å². The Hall–Kier alpha value is -2.57. The Bertz CT molecular complexity index is 1080. The minimum Gasteiger partial charge on any atom is -0.368 e. The van der Waals surface area contributed by atoms with Gasteiger partial charge in [0.15, 0.2) is 0 Å². The highest BCUT2D eigenvalue weighted by atomic mass is 35.5. The Kier molecular flexibility index (Phi) is 8.26. The Morgan fingerprint density at radius 1 is 1.00 bits per heavy atom. The normalized spacial score (nSPS) is 21.2. The number of nitrogens with two attached hydrogens (primary N) is 1. The van der Waals surface area contributed by atoms with Crippen LogP contribution in [0.15, 0.2) is 42.5 Å². The molecule has 3 atom stereocenters. The highest BCUT2D eigenvalue weighted by Gasteiger charge is 2.42. The van der Waals surface area contributed by atoms with Gasteiger partial charge in [0, 0.05) is 68.4 Å². The molecule has 2 fully saturated rings. The Balaban J connectivity index is 1.49. The van der Waals surface area contributed by atoms with Gasteiger partial charge < -0.3 is 20.4 Å². The number of amides is 2. The third-order valence-electron chi connectivity index (χ3n) is 7.78. The molecule has 2 amide bonds. The van der Waals surface area contributed by atoms with Crippen molar-refractivity contribution >= 4 is 29.1 Å². The summed E-state index contributed by atoms with van der Waals surface area (Å²) in [4.78, 5) is 32.5. The topological polar surface area (TPSA) is 69.9 Å². The lowest BCUT2D eigenvalue weighted by atomic mass is 9.88. The standard InChI is InChI=1S/C29H39ClN4O2/c1-5-27(35)34-17-24(21-7-9-22(30)10-8-21)25(18-34)29(36)33-14-12-32(13-15-33)26-11-6-20(4)16-23(26)28(31)19(2)3/h6-11,16,19,24-25,28H,5,12-15,17-18,31H2,1-4H3/t24-,25+,28-/m0/s1. The number of nitrogens with zero attached hydrogens (tertiary/aromatic N) is 3. The number of halogens is 1. The molecule has 194 valence electrons. The molecule has 0 unspecified atom stereocenters. The van der Waals surface area contributed by atoms with Crippen LogP contribution in [0.4, 0.5) is 5.69 Å². The lowest BCUT2D eigenvalue weighted by Gasteiger charge is -2.39. The first-order valence-electron chi connectivity index (χ1n) is 13.1. The van der Waals surface area contributed by atoms with Crippen molar-refractivity contribution in [3.8, 4) is 0 Å². The molecule has 36 heavy (non-hydrogen) atoms. The zero-order valence-corrected chi connectivity index (χ0v) is 22.7. The van der Waals surface area contributed by atoms with Crippen LogP contribution in [0.5, 0.6) is 0 Å². The summed E-state index contributed by atoms with van der Waals surface area (Å²) in [5, 5.41) is 0.671. The fourth-order valence-electron chi connectivity index (χ4n) is 5.52. The number of carbonyl (C=O) groups excluding carboxylic acids is 2. The molecule has 2 aliphatic rings. The van der Waals surface area contributed by atoms with Crippen LogP contribution in [0.2, 0.25) is 5.02 Å².